The lowest BCUT2D eigenvalue weighted by Crippen LogP contribution is -1.93. The number of H-pyrrole nitrogens is 1. The number of benzene rings is 2. The largest absolute Gasteiger partial charge is 0.239 e. The number of hydrogen-bond acceptors (Lipinski definition) is 3. The molecule has 20 heavy (non-hydrogen) atoms. The van der Waals surface area contributed by atoms with Crippen molar-refractivity contribution in [2.45, 2.75) is 6.92 Å². The zero-order valence-electron chi connectivity index (χ0n) is 10.6. The molecule has 4 nitrogen and oxygen atoms in total. The maximum Gasteiger partial charge on any atom is 0.180 e. The first-order valence-electron chi connectivity index (χ1n) is 5.95. The van der Waals surface area contributed by atoms with Gasteiger partial charge < -0.3 is 0 Å². The van der Waals surface area contributed by atoms with E-state index in [2.05, 4.69) is 20.6 Å². The molecule has 1 aromatic heterocycles. The molecule has 0 fully saturated rings. The number of nitrogens with zero attached hydrogens (tertiary/aromatic N) is 3. The van der Waals surface area contributed by atoms with Crippen molar-refractivity contribution in [1.82, 2.24) is 20.6 Å². The lowest BCUT2D eigenvalue weighted by atomic mass is 9.98. The number of tetrazole rings is 1. The van der Waals surface area contributed by atoms with Crippen molar-refractivity contribution in [3.63, 3.8) is 0 Å². The van der Waals surface area contributed by atoms with Crippen molar-refractivity contribution in [3.05, 3.63) is 53.6 Å². The molecule has 6 heteroatoms. The van der Waals surface area contributed by atoms with Gasteiger partial charge in [0.1, 0.15) is 0 Å². The van der Waals surface area contributed by atoms with Crippen molar-refractivity contribution < 1.29 is 8.78 Å². The summed E-state index contributed by atoms with van der Waals surface area (Å²) in [6.45, 7) is 1.95. The van der Waals surface area contributed by atoms with Crippen molar-refractivity contribution >= 4 is 0 Å². The zero-order valence-corrected chi connectivity index (χ0v) is 10.6. The Morgan fingerprint density at radius 2 is 1.60 bits per heavy atom. The van der Waals surface area contributed by atoms with Gasteiger partial charge in [-0.3, -0.25) is 0 Å². The molecule has 100 valence electrons. The van der Waals surface area contributed by atoms with Gasteiger partial charge >= 0.3 is 0 Å². The minimum absolute atomic E-state index is 0.291. The molecule has 2 aromatic carbocycles. The average molecular weight is 272 g/mol. The van der Waals surface area contributed by atoms with E-state index in [1.165, 1.54) is 0 Å². The summed E-state index contributed by atoms with van der Waals surface area (Å²) in [6.07, 6.45) is 0. The topological polar surface area (TPSA) is 54.5 Å². The Balaban J connectivity index is 2.23. The molecule has 0 amide bonds. The molecule has 0 unspecified atom stereocenters. The Labute approximate surface area is 113 Å². The van der Waals surface area contributed by atoms with Gasteiger partial charge in [-0.2, -0.15) is 0 Å². The highest BCUT2D eigenvalue weighted by Gasteiger charge is 2.15. The van der Waals surface area contributed by atoms with Crippen molar-refractivity contribution in [2.24, 2.45) is 0 Å². The summed E-state index contributed by atoms with van der Waals surface area (Å²) < 4.78 is 27.0. The highest BCUT2D eigenvalue weighted by atomic mass is 19.2. The van der Waals surface area contributed by atoms with Gasteiger partial charge in [-0.1, -0.05) is 29.8 Å². The fourth-order valence-electron chi connectivity index (χ4n) is 1.99. The van der Waals surface area contributed by atoms with E-state index in [4.69, 9.17) is 0 Å². The third-order valence-corrected chi connectivity index (χ3v) is 3.02. The van der Waals surface area contributed by atoms with E-state index < -0.39 is 11.6 Å². The SMILES string of the molecule is Cc1ccc(-c2cc(F)c(F)cc2-c2nnn[nH]2)cc1. The number of aryl methyl sites for hydroxylation is 1. The van der Waals surface area contributed by atoms with Crippen LogP contribution in [0.15, 0.2) is 36.4 Å². The second kappa shape index (κ2) is 4.80. The van der Waals surface area contributed by atoms with Crippen LogP contribution in [0.2, 0.25) is 0 Å². The molecule has 0 spiro atoms. The van der Waals surface area contributed by atoms with Crippen LogP contribution in [0.3, 0.4) is 0 Å². The Kier molecular flexibility index (Phi) is 2.98. The van der Waals surface area contributed by atoms with Crippen LogP contribution in [0.1, 0.15) is 5.56 Å². The number of aromatic amines is 1. The maximum absolute atomic E-state index is 13.5. The van der Waals surface area contributed by atoms with Gasteiger partial charge in [0, 0.05) is 5.56 Å². The molecule has 0 bridgehead atoms. The zero-order chi connectivity index (χ0) is 14.1. The summed E-state index contributed by atoms with van der Waals surface area (Å²) >= 11 is 0. The third kappa shape index (κ3) is 2.16. The van der Waals surface area contributed by atoms with Crippen molar-refractivity contribution in [2.75, 3.05) is 0 Å². The molecule has 3 rings (SSSR count). The van der Waals surface area contributed by atoms with Crippen LogP contribution >= 0.6 is 0 Å². The first-order chi connectivity index (χ1) is 9.65. The summed E-state index contributed by atoms with van der Waals surface area (Å²) in [5.74, 6) is -1.55. The third-order valence-electron chi connectivity index (χ3n) is 3.02. The number of rotatable bonds is 2. The van der Waals surface area contributed by atoms with E-state index in [0.29, 0.717) is 17.0 Å². The van der Waals surface area contributed by atoms with E-state index in [1.54, 1.807) is 0 Å². The number of nitrogens with one attached hydrogen (secondary N) is 1. The lowest BCUT2D eigenvalue weighted by Gasteiger charge is -2.08. The molecule has 0 saturated heterocycles. The predicted molar refractivity (Wildman–Crippen MR) is 69.7 cm³/mol. The Bertz CT molecular complexity index is 737. The van der Waals surface area contributed by atoms with Crippen LogP contribution < -0.4 is 0 Å². The summed E-state index contributed by atoms with van der Waals surface area (Å²) in [5, 5.41) is 13.2. The van der Waals surface area contributed by atoms with E-state index in [1.807, 2.05) is 31.2 Å². The molecule has 0 aliphatic rings. The van der Waals surface area contributed by atoms with Gasteiger partial charge in [0.15, 0.2) is 17.5 Å². The van der Waals surface area contributed by atoms with Crippen molar-refractivity contribution in [1.29, 1.82) is 0 Å². The summed E-state index contributed by atoms with van der Waals surface area (Å²) in [6, 6.07) is 9.73. The molecule has 0 aliphatic carbocycles. The molecule has 0 aliphatic heterocycles. The van der Waals surface area contributed by atoms with Gasteiger partial charge in [-0.05, 0) is 40.6 Å². The molecule has 1 N–H and O–H groups in total. The summed E-state index contributed by atoms with van der Waals surface area (Å²) in [4.78, 5) is 0. The Hall–Kier alpha value is -2.63. The predicted octanol–water partition coefficient (Wildman–Crippen LogP) is 3.12. The molecular weight excluding hydrogens is 262 g/mol. The second-order valence-corrected chi connectivity index (χ2v) is 4.43. The minimum atomic E-state index is -0.938. The highest BCUT2D eigenvalue weighted by molar-refractivity contribution is 5.80. The fraction of sp³-hybridized carbons (Fsp3) is 0.0714. The van der Waals surface area contributed by atoms with Crippen LogP contribution in [0.4, 0.5) is 8.78 Å². The quantitative estimate of drug-likeness (QED) is 0.779. The number of halogens is 2. The second-order valence-electron chi connectivity index (χ2n) is 4.43. The minimum Gasteiger partial charge on any atom is -0.239 e. The first kappa shape index (κ1) is 12.4. The Morgan fingerprint density at radius 1 is 0.950 bits per heavy atom. The Morgan fingerprint density at radius 3 is 2.20 bits per heavy atom. The number of aromatic nitrogens is 4. The monoisotopic (exact) mass is 272 g/mol. The van der Waals surface area contributed by atoms with Gasteiger partial charge in [0.25, 0.3) is 0 Å². The lowest BCUT2D eigenvalue weighted by molar-refractivity contribution is 0.509. The summed E-state index contributed by atoms with van der Waals surface area (Å²) in [7, 11) is 0. The highest BCUT2D eigenvalue weighted by Crippen LogP contribution is 2.31. The van der Waals surface area contributed by atoms with Crippen LogP contribution in [0, 0.1) is 18.6 Å². The average Bonchev–Trinajstić information content (AvgIpc) is 2.96. The first-order valence-corrected chi connectivity index (χ1v) is 5.95. The summed E-state index contributed by atoms with van der Waals surface area (Å²) in [5.41, 5.74) is 2.79. The number of hydrogen-bond donors (Lipinski definition) is 1. The fourth-order valence-corrected chi connectivity index (χ4v) is 1.99. The smallest absolute Gasteiger partial charge is 0.180 e. The van der Waals surface area contributed by atoms with Crippen molar-refractivity contribution in [3.8, 4) is 22.5 Å². The molecular formula is C14H10F2N4. The molecule has 1 heterocycles. The molecule has 0 atom stereocenters. The van der Waals surface area contributed by atoms with Gasteiger partial charge in [-0.15, -0.1) is 5.10 Å². The van der Waals surface area contributed by atoms with Gasteiger partial charge in [0.2, 0.25) is 0 Å². The van der Waals surface area contributed by atoms with E-state index >= 15 is 0 Å². The molecule has 0 saturated carbocycles. The van der Waals surface area contributed by atoms with E-state index in [9.17, 15) is 8.78 Å². The normalized spacial score (nSPS) is 10.8. The van der Waals surface area contributed by atoms with Crippen LogP contribution in [-0.4, -0.2) is 20.6 Å². The van der Waals surface area contributed by atoms with Crippen LogP contribution in [-0.2, 0) is 0 Å². The van der Waals surface area contributed by atoms with Crippen LogP contribution in [0.5, 0.6) is 0 Å². The van der Waals surface area contributed by atoms with Crippen LogP contribution in [0.25, 0.3) is 22.5 Å². The van der Waals surface area contributed by atoms with E-state index in [0.717, 1.165) is 23.3 Å². The standard InChI is InChI=1S/C14H10F2N4/c1-8-2-4-9(5-3-8)10-6-12(15)13(16)7-11(10)14-17-19-20-18-14/h2-7H,1H3,(H,17,18,19,20). The van der Waals surface area contributed by atoms with E-state index in [-0.39, 0.29) is 0 Å². The van der Waals surface area contributed by atoms with Gasteiger partial charge in [0.05, 0.1) is 0 Å². The molecule has 0 radical (unpaired) electrons. The maximum atomic E-state index is 13.5. The van der Waals surface area contributed by atoms with Gasteiger partial charge in [-0.25, -0.2) is 13.9 Å². The molecule has 3 aromatic rings.